The molecule has 0 aliphatic rings. The van der Waals surface area contributed by atoms with E-state index in [4.69, 9.17) is 4.98 Å². The predicted molar refractivity (Wildman–Crippen MR) is 154 cm³/mol. The highest BCUT2D eigenvalue weighted by molar-refractivity contribution is 6.04. The maximum atomic E-state index is 13.0. The Bertz CT molecular complexity index is 1540. The zero-order valence-electron chi connectivity index (χ0n) is 23.1. The average Bonchev–Trinajstić information content (AvgIpc) is 2.93. The third kappa shape index (κ3) is 6.45. The van der Waals surface area contributed by atoms with Crippen molar-refractivity contribution in [2.75, 3.05) is 49.8 Å². The van der Waals surface area contributed by atoms with E-state index in [1.165, 1.54) is 6.33 Å². The molecule has 2 heterocycles. The van der Waals surface area contributed by atoms with Crippen molar-refractivity contribution in [1.82, 2.24) is 24.8 Å². The maximum Gasteiger partial charge on any atom is 0.255 e. The van der Waals surface area contributed by atoms with Gasteiger partial charge in [0.1, 0.15) is 17.4 Å². The molecule has 4 rings (SSSR count). The molecule has 2 N–H and O–H groups in total. The Kier molecular flexibility index (Phi) is 8.02. The van der Waals surface area contributed by atoms with Crippen LogP contribution < -0.4 is 15.5 Å². The minimum absolute atomic E-state index is 0.258. The summed E-state index contributed by atoms with van der Waals surface area (Å²) in [5.41, 5.74) is 4.16. The van der Waals surface area contributed by atoms with Crippen LogP contribution in [0.1, 0.15) is 35.3 Å². The van der Waals surface area contributed by atoms with E-state index in [-0.39, 0.29) is 5.91 Å². The zero-order chi connectivity index (χ0) is 28.2. The standard InChI is InChI=1S/C29H33N9O/c1-19-10-11-22(34-27(39)20-8-7-9-21(14-20)29(2,3)17-30)15-23(19)35-26-25-24(32-18-33-26)16-31-28(36-25)38(6)13-12-37(4)5/h7-11,14-16,18H,12-13H2,1-6H3,(H,34,39)(H,32,33,35). The van der Waals surface area contributed by atoms with E-state index >= 15 is 0 Å². The van der Waals surface area contributed by atoms with Gasteiger partial charge in [0.05, 0.1) is 17.7 Å². The van der Waals surface area contributed by atoms with Gasteiger partial charge in [-0.05, 0) is 70.3 Å². The van der Waals surface area contributed by atoms with Gasteiger partial charge in [-0.3, -0.25) is 4.79 Å². The fraction of sp³-hybridized carbons (Fsp3) is 0.310. The van der Waals surface area contributed by atoms with Crippen LogP contribution in [-0.2, 0) is 5.41 Å². The molecule has 10 heteroatoms. The Morgan fingerprint density at radius 2 is 1.85 bits per heavy atom. The van der Waals surface area contributed by atoms with Crippen molar-refractivity contribution in [2.45, 2.75) is 26.2 Å². The average molecular weight is 524 g/mol. The van der Waals surface area contributed by atoms with Crippen LogP contribution >= 0.6 is 0 Å². The summed E-state index contributed by atoms with van der Waals surface area (Å²) >= 11 is 0. The highest BCUT2D eigenvalue weighted by Gasteiger charge is 2.21. The van der Waals surface area contributed by atoms with Crippen LogP contribution in [0.3, 0.4) is 0 Å². The summed E-state index contributed by atoms with van der Waals surface area (Å²) in [4.78, 5) is 35.1. The molecule has 2 aromatic carbocycles. The van der Waals surface area contributed by atoms with Crippen LogP contribution in [0.2, 0.25) is 0 Å². The van der Waals surface area contributed by atoms with E-state index in [2.05, 4.69) is 36.6 Å². The van der Waals surface area contributed by atoms with Crippen LogP contribution in [-0.4, -0.2) is 65.0 Å². The first-order chi connectivity index (χ1) is 18.6. The molecule has 0 radical (unpaired) electrons. The second kappa shape index (κ2) is 11.4. The number of nitrogens with one attached hydrogen (secondary N) is 2. The lowest BCUT2D eigenvalue weighted by atomic mass is 9.85. The van der Waals surface area contributed by atoms with E-state index in [1.54, 1.807) is 24.4 Å². The predicted octanol–water partition coefficient (Wildman–Crippen LogP) is 4.52. The van der Waals surface area contributed by atoms with Crippen molar-refractivity contribution >= 4 is 40.1 Å². The number of hydrogen-bond donors (Lipinski definition) is 2. The second-order valence-electron chi connectivity index (χ2n) is 10.3. The molecule has 0 unspecified atom stereocenters. The normalized spacial score (nSPS) is 11.3. The topological polar surface area (TPSA) is 123 Å². The van der Waals surface area contributed by atoms with Crippen LogP contribution in [0.4, 0.5) is 23.1 Å². The molecular formula is C29H33N9O. The molecule has 39 heavy (non-hydrogen) atoms. The van der Waals surface area contributed by atoms with Gasteiger partial charge in [-0.15, -0.1) is 0 Å². The number of hydrogen-bond acceptors (Lipinski definition) is 9. The lowest BCUT2D eigenvalue weighted by Gasteiger charge is -2.20. The first kappa shape index (κ1) is 27.4. The van der Waals surface area contributed by atoms with Crippen molar-refractivity contribution in [1.29, 1.82) is 5.26 Å². The fourth-order valence-electron chi connectivity index (χ4n) is 3.85. The number of aryl methyl sites for hydroxylation is 1. The summed E-state index contributed by atoms with van der Waals surface area (Å²) in [7, 11) is 6.00. The first-order valence-electron chi connectivity index (χ1n) is 12.6. The SMILES string of the molecule is Cc1ccc(NC(=O)c2cccc(C(C)(C)C#N)c2)cc1Nc1ncnc2cnc(N(C)CCN(C)C)nc12. The lowest BCUT2D eigenvalue weighted by molar-refractivity contribution is 0.102. The van der Waals surface area contributed by atoms with Gasteiger partial charge in [0.15, 0.2) is 5.82 Å². The third-order valence-corrected chi connectivity index (χ3v) is 6.46. The second-order valence-corrected chi connectivity index (χ2v) is 10.3. The van der Waals surface area contributed by atoms with Crippen molar-refractivity contribution in [3.8, 4) is 6.07 Å². The Labute approximate surface area is 228 Å². The molecular weight excluding hydrogens is 490 g/mol. The molecule has 0 fully saturated rings. The van der Waals surface area contributed by atoms with Gasteiger partial charge in [0.25, 0.3) is 5.91 Å². The summed E-state index contributed by atoms with van der Waals surface area (Å²) in [6.07, 6.45) is 3.17. The number of amides is 1. The van der Waals surface area contributed by atoms with Gasteiger partial charge in [-0.25, -0.2) is 19.9 Å². The largest absolute Gasteiger partial charge is 0.343 e. The molecule has 200 valence electrons. The number of carbonyl (C=O) groups is 1. The van der Waals surface area contributed by atoms with Gasteiger partial charge in [-0.1, -0.05) is 18.2 Å². The number of nitriles is 1. The molecule has 0 saturated carbocycles. The van der Waals surface area contributed by atoms with Gasteiger partial charge in [0, 0.05) is 37.1 Å². The molecule has 1 amide bonds. The highest BCUT2D eigenvalue weighted by atomic mass is 16.1. The Morgan fingerprint density at radius 3 is 2.59 bits per heavy atom. The molecule has 10 nitrogen and oxygen atoms in total. The minimum atomic E-state index is -0.692. The van der Waals surface area contributed by atoms with E-state index in [1.807, 2.05) is 71.1 Å². The fourth-order valence-corrected chi connectivity index (χ4v) is 3.85. The molecule has 4 aromatic rings. The van der Waals surface area contributed by atoms with E-state index in [9.17, 15) is 10.1 Å². The Balaban J connectivity index is 1.58. The molecule has 0 aliphatic heterocycles. The molecule has 0 aliphatic carbocycles. The molecule has 0 atom stereocenters. The highest BCUT2D eigenvalue weighted by Crippen LogP contribution is 2.28. The quantitative estimate of drug-likeness (QED) is 0.326. The summed E-state index contributed by atoms with van der Waals surface area (Å²) in [6, 6.07) is 15.0. The summed E-state index contributed by atoms with van der Waals surface area (Å²) in [5, 5.41) is 15.8. The van der Waals surface area contributed by atoms with Crippen molar-refractivity contribution in [3.05, 3.63) is 71.7 Å². The van der Waals surface area contributed by atoms with E-state index in [0.717, 1.165) is 29.9 Å². The van der Waals surface area contributed by atoms with Crippen LogP contribution in [0.15, 0.2) is 55.0 Å². The summed E-state index contributed by atoms with van der Waals surface area (Å²) in [6.45, 7) is 7.27. The van der Waals surface area contributed by atoms with Crippen LogP contribution in [0.25, 0.3) is 11.0 Å². The van der Waals surface area contributed by atoms with Crippen molar-refractivity contribution in [3.63, 3.8) is 0 Å². The van der Waals surface area contributed by atoms with Gasteiger partial charge in [-0.2, -0.15) is 5.26 Å². The lowest BCUT2D eigenvalue weighted by Crippen LogP contribution is -2.29. The number of nitrogens with zero attached hydrogens (tertiary/aromatic N) is 7. The maximum absolute atomic E-state index is 13.0. The number of benzene rings is 2. The number of aromatic nitrogens is 4. The van der Waals surface area contributed by atoms with Gasteiger partial charge in [0.2, 0.25) is 5.95 Å². The van der Waals surface area contributed by atoms with Crippen LogP contribution in [0.5, 0.6) is 0 Å². The number of anilines is 4. The van der Waals surface area contributed by atoms with Gasteiger partial charge < -0.3 is 20.4 Å². The van der Waals surface area contributed by atoms with E-state index in [0.29, 0.717) is 34.1 Å². The van der Waals surface area contributed by atoms with Gasteiger partial charge >= 0.3 is 0 Å². The van der Waals surface area contributed by atoms with E-state index < -0.39 is 5.41 Å². The van der Waals surface area contributed by atoms with Crippen LogP contribution in [0, 0.1) is 18.3 Å². The number of carbonyl (C=O) groups excluding carboxylic acids is 1. The number of rotatable bonds is 9. The summed E-state index contributed by atoms with van der Waals surface area (Å²) < 4.78 is 0. The molecule has 2 aromatic heterocycles. The molecule has 0 spiro atoms. The van der Waals surface area contributed by atoms with Crippen molar-refractivity contribution in [2.24, 2.45) is 0 Å². The smallest absolute Gasteiger partial charge is 0.255 e. The number of likely N-dealkylation sites (N-methyl/N-ethyl adjacent to an activating group) is 2. The Morgan fingerprint density at radius 1 is 1.05 bits per heavy atom. The van der Waals surface area contributed by atoms with Crippen molar-refractivity contribution < 1.29 is 4.79 Å². The Hall–Kier alpha value is -4.62. The monoisotopic (exact) mass is 523 g/mol. The summed E-state index contributed by atoms with van der Waals surface area (Å²) in [5.74, 6) is 0.871. The minimum Gasteiger partial charge on any atom is -0.343 e. The number of fused-ring (bicyclic) bond motifs is 1. The molecule has 0 bridgehead atoms. The molecule has 0 saturated heterocycles. The third-order valence-electron chi connectivity index (χ3n) is 6.46. The first-order valence-corrected chi connectivity index (χ1v) is 12.6. The zero-order valence-corrected chi connectivity index (χ0v) is 23.1.